The SMILES string of the molecule is C#CCN1CCN(C(=O)c2cc(Cl)ccc2[N+](=O)[O-])CC1. The summed E-state index contributed by atoms with van der Waals surface area (Å²) in [5, 5.41) is 11.3. The zero-order chi connectivity index (χ0) is 15.4. The third-order valence-corrected chi connectivity index (χ3v) is 3.60. The molecule has 1 heterocycles. The molecule has 0 aromatic heterocycles. The Kier molecular flexibility index (Phi) is 4.78. The Morgan fingerprint density at radius 3 is 2.62 bits per heavy atom. The van der Waals surface area contributed by atoms with Crippen LogP contribution >= 0.6 is 11.6 Å². The maximum absolute atomic E-state index is 12.4. The fourth-order valence-corrected chi connectivity index (χ4v) is 2.42. The van der Waals surface area contributed by atoms with Crippen molar-refractivity contribution in [2.24, 2.45) is 0 Å². The molecule has 1 aliphatic heterocycles. The number of nitrogens with zero attached hydrogens (tertiary/aromatic N) is 3. The van der Waals surface area contributed by atoms with Crippen LogP contribution < -0.4 is 0 Å². The minimum atomic E-state index is -0.571. The van der Waals surface area contributed by atoms with Crippen molar-refractivity contribution < 1.29 is 9.72 Å². The van der Waals surface area contributed by atoms with Crippen LogP contribution in [0.3, 0.4) is 0 Å². The van der Waals surface area contributed by atoms with Gasteiger partial charge in [-0.05, 0) is 12.1 Å². The maximum atomic E-state index is 12.4. The number of hydrogen-bond donors (Lipinski definition) is 0. The van der Waals surface area contributed by atoms with Gasteiger partial charge in [-0.25, -0.2) is 0 Å². The van der Waals surface area contributed by atoms with Crippen LogP contribution in [-0.2, 0) is 0 Å². The van der Waals surface area contributed by atoms with Crippen LogP contribution in [0.25, 0.3) is 0 Å². The van der Waals surface area contributed by atoms with Crippen molar-refractivity contribution in [3.8, 4) is 12.3 Å². The molecule has 2 rings (SSSR count). The van der Waals surface area contributed by atoms with Gasteiger partial charge in [0.25, 0.3) is 11.6 Å². The normalized spacial score (nSPS) is 15.5. The van der Waals surface area contributed by atoms with Gasteiger partial charge in [-0.15, -0.1) is 6.42 Å². The highest BCUT2D eigenvalue weighted by atomic mass is 35.5. The number of benzene rings is 1. The second-order valence-corrected chi connectivity index (χ2v) is 5.13. The Morgan fingerprint density at radius 1 is 1.38 bits per heavy atom. The van der Waals surface area contributed by atoms with Crippen LogP contribution in [0.1, 0.15) is 10.4 Å². The van der Waals surface area contributed by atoms with E-state index < -0.39 is 4.92 Å². The molecule has 0 N–H and O–H groups in total. The van der Waals surface area contributed by atoms with E-state index >= 15 is 0 Å². The van der Waals surface area contributed by atoms with E-state index in [-0.39, 0.29) is 17.2 Å². The molecule has 0 aliphatic carbocycles. The molecule has 0 spiro atoms. The van der Waals surface area contributed by atoms with Gasteiger partial charge in [0.1, 0.15) is 5.56 Å². The summed E-state index contributed by atoms with van der Waals surface area (Å²) in [4.78, 5) is 26.5. The monoisotopic (exact) mass is 307 g/mol. The van der Waals surface area contributed by atoms with E-state index in [1.165, 1.54) is 18.2 Å². The lowest BCUT2D eigenvalue weighted by molar-refractivity contribution is -0.385. The van der Waals surface area contributed by atoms with Crippen molar-refractivity contribution in [3.63, 3.8) is 0 Å². The molecule has 0 saturated carbocycles. The molecule has 0 atom stereocenters. The first-order valence-electron chi connectivity index (χ1n) is 6.42. The number of hydrogen-bond acceptors (Lipinski definition) is 4. The number of carbonyl (C=O) groups excluding carboxylic acids is 1. The van der Waals surface area contributed by atoms with Crippen LogP contribution in [-0.4, -0.2) is 53.4 Å². The maximum Gasteiger partial charge on any atom is 0.282 e. The average molecular weight is 308 g/mol. The first-order chi connectivity index (χ1) is 10.0. The highest BCUT2D eigenvalue weighted by Crippen LogP contribution is 2.24. The molecule has 1 saturated heterocycles. The van der Waals surface area contributed by atoms with Crippen LogP contribution in [0.4, 0.5) is 5.69 Å². The second-order valence-electron chi connectivity index (χ2n) is 4.69. The van der Waals surface area contributed by atoms with Gasteiger partial charge in [0.05, 0.1) is 11.5 Å². The zero-order valence-corrected chi connectivity index (χ0v) is 12.0. The topological polar surface area (TPSA) is 66.7 Å². The summed E-state index contributed by atoms with van der Waals surface area (Å²) >= 11 is 5.85. The molecular formula is C14H14ClN3O3. The number of terminal acetylenes is 1. The Bertz CT molecular complexity index is 604. The fraction of sp³-hybridized carbons (Fsp3) is 0.357. The van der Waals surface area contributed by atoms with E-state index in [4.69, 9.17) is 18.0 Å². The quantitative estimate of drug-likeness (QED) is 0.484. The predicted octanol–water partition coefficient (Wildman–Crippen LogP) is 1.64. The first-order valence-corrected chi connectivity index (χ1v) is 6.79. The molecule has 1 aromatic rings. The summed E-state index contributed by atoms with van der Waals surface area (Å²) in [5.41, 5.74) is -0.201. The number of halogens is 1. The van der Waals surface area contributed by atoms with Gasteiger partial charge < -0.3 is 4.90 Å². The Hall–Kier alpha value is -2.10. The Balaban J connectivity index is 2.16. The zero-order valence-electron chi connectivity index (χ0n) is 11.3. The van der Waals surface area contributed by atoms with E-state index in [9.17, 15) is 14.9 Å². The summed E-state index contributed by atoms with van der Waals surface area (Å²) in [5.74, 6) is 2.19. The molecule has 1 fully saturated rings. The van der Waals surface area contributed by atoms with Gasteiger partial charge in [0.2, 0.25) is 0 Å². The van der Waals surface area contributed by atoms with Crippen molar-refractivity contribution >= 4 is 23.2 Å². The van der Waals surface area contributed by atoms with Crippen molar-refractivity contribution in [2.45, 2.75) is 0 Å². The van der Waals surface area contributed by atoms with E-state index in [0.717, 1.165) is 0 Å². The van der Waals surface area contributed by atoms with Crippen LogP contribution in [0.2, 0.25) is 5.02 Å². The third kappa shape index (κ3) is 3.51. The molecule has 6 nitrogen and oxygen atoms in total. The lowest BCUT2D eigenvalue weighted by Crippen LogP contribution is -2.48. The molecule has 1 aromatic carbocycles. The van der Waals surface area contributed by atoms with Crippen molar-refractivity contribution in [3.05, 3.63) is 38.9 Å². The highest BCUT2D eigenvalue weighted by molar-refractivity contribution is 6.31. The number of nitro groups is 1. The van der Waals surface area contributed by atoms with Crippen molar-refractivity contribution in [1.29, 1.82) is 0 Å². The van der Waals surface area contributed by atoms with Gasteiger partial charge in [-0.3, -0.25) is 19.8 Å². The van der Waals surface area contributed by atoms with Crippen LogP contribution in [0.15, 0.2) is 18.2 Å². The van der Waals surface area contributed by atoms with Crippen molar-refractivity contribution in [2.75, 3.05) is 32.7 Å². The minimum absolute atomic E-state index is 0.0258. The largest absolute Gasteiger partial charge is 0.336 e. The summed E-state index contributed by atoms with van der Waals surface area (Å²) in [6.07, 6.45) is 5.25. The standard InChI is InChI=1S/C14H14ClN3O3/c1-2-5-16-6-8-17(9-7-16)14(19)12-10-11(15)3-4-13(12)18(20)21/h1,3-4,10H,5-9H2. The summed E-state index contributed by atoms with van der Waals surface area (Å²) < 4.78 is 0. The third-order valence-electron chi connectivity index (χ3n) is 3.36. The summed E-state index contributed by atoms with van der Waals surface area (Å²) in [7, 11) is 0. The molecule has 1 aliphatic rings. The number of piperazine rings is 1. The molecular weight excluding hydrogens is 294 g/mol. The molecule has 21 heavy (non-hydrogen) atoms. The molecule has 0 unspecified atom stereocenters. The Labute approximate surface area is 127 Å². The molecule has 0 bridgehead atoms. The first kappa shape index (κ1) is 15.3. The van der Waals surface area contributed by atoms with Gasteiger partial charge in [-0.2, -0.15) is 0 Å². The summed E-state index contributed by atoms with van der Waals surface area (Å²) in [6.45, 7) is 2.84. The van der Waals surface area contributed by atoms with Gasteiger partial charge in [0, 0.05) is 37.3 Å². The predicted molar refractivity (Wildman–Crippen MR) is 79.3 cm³/mol. The molecule has 1 amide bonds. The van der Waals surface area contributed by atoms with E-state index in [2.05, 4.69) is 10.8 Å². The second kappa shape index (κ2) is 6.57. The number of carbonyl (C=O) groups is 1. The van der Waals surface area contributed by atoms with Crippen molar-refractivity contribution in [1.82, 2.24) is 9.80 Å². The van der Waals surface area contributed by atoms with Gasteiger partial charge in [0.15, 0.2) is 0 Å². The fourth-order valence-electron chi connectivity index (χ4n) is 2.25. The Morgan fingerprint density at radius 2 is 2.05 bits per heavy atom. The average Bonchev–Trinajstić information content (AvgIpc) is 2.47. The number of nitro benzene ring substituents is 1. The lowest BCUT2D eigenvalue weighted by Gasteiger charge is -2.33. The number of rotatable bonds is 3. The highest BCUT2D eigenvalue weighted by Gasteiger charge is 2.27. The number of amides is 1. The van der Waals surface area contributed by atoms with Crippen LogP contribution in [0.5, 0.6) is 0 Å². The lowest BCUT2D eigenvalue weighted by atomic mass is 10.1. The summed E-state index contributed by atoms with van der Waals surface area (Å²) in [6, 6.07) is 4.00. The van der Waals surface area contributed by atoms with E-state index in [1.54, 1.807) is 4.90 Å². The van der Waals surface area contributed by atoms with Crippen LogP contribution in [0, 0.1) is 22.5 Å². The molecule has 7 heteroatoms. The smallest absolute Gasteiger partial charge is 0.282 e. The minimum Gasteiger partial charge on any atom is -0.336 e. The van der Waals surface area contributed by atoms with E-state index in [1.807, 2.05) is 0 Å². The van der Waals surface area contributed by atoms with E-state index in [0.29, 0.717) is 37.7 Å². The van der Waals surface area contributed by atoms with Gasteiger partial charge in [-0.1, -0.05) is 17.5 Å². The molecule has 110 valence electrons. The molecule has 0 radical (unpaired) electrons. The van der Waals surface area contributed by atoms with Gasteiger partial charge >= 0.3 is 0 Å².